The molecule has 0 bridgehead atoms. The minimum absolute atomic E-state index is 0.240. The molecule has 0 aliphatic rings. The summed E-state index contributed by atoms with van der Waals surface area (Å²) in [5.74, 6) is -0.317. The van der Waals surface area contributed by atoms with E-state index in [9.17, 15) is 4.79 Å². The minimum atomic E-state index is -0.317. The molecule has 0 aliphatic carbocycles. The van der Waals surface area contributed by atoms with Crippen molar-refractivity contribution < 1.29 is 4.42 Å². The highest BCUT2D eigenvalue weighted by Crippen LogP contribution is 2.14. The van der Waals surface area contributed by atoms with Crippen LogP contribution in [0.5, 0.6) is 0 Å². The van der Waals surface area contributed by atoms with Gasteiger partial charge in [0.05, 0.1) is 5.52 Å². The van der Waals surface area contributed by atoms with Gasteiger partial charge in [-0.05, 0) is 50.6 Å². The molecular weight excluding hydrogens is 242 g/mol. The van der Waals surface area contributed by atoms with E-state index in [2.05, 4.69) is 5.32 Å². The van der Waals surface area contributed by atoms with Crippen molar-refractivity contribution in [3.63, 3.8) is 0 Å². The number of nitrogens with two attached hydrogens (primary N) is 1. The number of fused-ring (bicyclic) bond motifs is 1. The van der Waals surface area contributed by atoms with Crippen LogP contribution in [-0.2, 0) is 13.5 Å². The second-order valence-electron chi connectivity index (χ2n) is 5.00. The first kappa shape index (κ1) is 13.8. The predicted octanol–water partition coefficient (Wildman–Crippen LogP) is 1.00. The molecule has 2 aromatic rings. The number of hydrogen-bond acceptors (Lipinski definition) is 4. The maximum atomic E-state index is 11.4. The molecule has 0 fully saturated rings. The fraction of sp³-hybridized carbons (Fsp3) is 0.500. The van der Waals surface area contributed by atoms with Crippen LogP contribution in [-0.4, -0.2) is 23.7 Å². The zero-order valence-corrected chi connectivity index (χ0v) is 11.5. The molecule has 3 N–H and O–H groups in total. The molecule has 0 amide bonds. The van der Waals surface area contributed by atoms with Crippen molar-refractivity contribution >= 4 is 11.1 Å². The highest BCUT2D eigenvalue weighted by Gasteiger charge is 2.06. The van der Waals surface area contributed by atoms with Gasteiger partial charge < -0.3 is 15.5 Å². The Balaban J connectivity index is 1.94. The molecule has 0 saturated carbocycles. The van der Waals surface area contributed by atoms with Gasteiger partial charge in [-0.2, -0.15) is 0 Å². The molecule has 5 nitrogen and oxygen atoms in total. The van der Waals surface area contributed by atoms with Gasteiger partial charge in [-0.15, -0.1) is 0 Å². The number of nitrogens with zero attached hydrogens (tertiary/aromatic N) is 1. The average Bonchev–Trinajstić information content (AvgIpc) is 2.65. The van der Waals surface area contributed by atoms with Gasteiger partial charge in [0.25, 0.3) is 0 Å². The first-order valence-electron chi connectivity index (χ1n) is 6.62. The lowest BCUT2D eigenvalue weighted by atomic mass is 10.1. The van der Waals surface area contributed by atoms with Crippen LogP contribution in [0, 0.1) is 0 Å². The summed E-state index contributed by atoms with van der Waals surface area (Å²) >= 11 is 0. The molecule has 104 valence electrons. The number of oxazole rings is 1. The molecule has 0 aliphatic heterocycles. The zero-order chi connectivity index (χ0) is 13.8. The van der Waals surface area contributed by atoms with Crippen LogP contribution < -0.4 is 16.8 Å². The van der Waals surface area contributed by atoms with E-state index in [-0.39, 0.29) is 11.8 Å². The molecule has 2 rings (SSSR count). The SMILES string of the molecule is CC(N)CCNCCc1ccc2oc(=O)n(C)c2c1. The summed E-state index contributed by atoms with van der Waals surface area (Å²) in [6.07, 6.45) is 1.91. The van der Waals surface area contributed by atoms with Crippen LogP contribution in [0.15, 0.2) is 27.4 Å². The van der Waals surface area contributed by atoms with Crippen LogP contribution in [0.3, 0.4) is 0 Å². The Bertz CT molecular complexity index is 598. The molecule has 5 heteroatoms. The molecule has 1 heterocycles. The van der Waals surface area contributed by atoms with E-state index in [1.165, 1.54) is 10.1 Å². The minimum Gasteiger partial charge on any atom is -0.408 e. The molecule has 1 atom stereocenters. The van der Waals surface area contributed by atoms with Gasteiger partial charge in [0, 0.05) is 13.1 Å². The Labute approximate surface area is 112 Å². The molecule has 0 radical (unpaired) electrons. The Kier molecular flexibility index (Phi) is 4.39. The van der Waals surface area contributed by atoms with Gasteiger partial charge in [0.2, 0.25) is 0 Å². The van der Waals surface area contributed by atoms with E-state index in [4.69, 9.17) is 10.2 Å². The lowest BCUT2D eigenvalue weighted by Crippen LogP contribution is -2.25. The average molecular weight is 263 g/mol. The van der Waals surface area contributed by atoms with Gasteiger partial charge in [-0.25, -0.2) is 4.79 Å². The summed E-state index contributed by atoms with van der Waals surface area (Å²) in [6.45, 7) is 3.85. The smallest absolute Gasteiger partial charge is 0.408 e. The standard InChI is InChI=1S/C14H21N3O2/c1-10(15)5-7-16-8-6-11-3-4-13-12(9-11)17(2)14(18)19-13/h3-4,9-10,16H,5-8,15H2,1-2H3. The lowest BCUT2D eigenvalue weighted by Gasteiger charge is -2.07. The Morgan fingerprint density at radius 2 is 2.21 bits per heavy atom. The van der Waals surface area contributed by atoms with Crippen LogP contribution >= 0.6 is 0 Å². The molecule has 19 heavy (non-hydrogen) atoms. The molecule has 1 aromatic carbocycles. The molecule has 0 saturated heterocycles. The maximum absolute atomic E-state index is 11.4. The Hall–Kier alpha value is -1.59. The van der Waals surface area contributed by atoms with Crippen LogP contribution in [0.4, 0.5) is 0 Å². The summed E-state index contributed by atoms with van der Waals surface area (Å²) in [5.41, 5.74) is 8.36. The maximum Gasteiger partial charge on any atom is 0.419 e. The fourth-order valence-electron chi connectivity index (χ4n) is 2.02. The Morgan fingerprint density at radius 3 is 2.95 bits per heavy atom. The molecule has 0 spiro atoms. The Morgan fingerprint density at radius 1 is 1.42 bits per heavy atom. The molecule has 1 aromatic heterocycles. The van der Waals surface area contributed by atoms with Crippen molar-refractivity contribution in [1.82, 2.24) is 9.88 Å². The highest BCUT2D eigenvalue weighted by molar-refractivity contribution is 5.73. The monoisotopic (exact) mass is 263 g/mol. The number of aromatic nitrogens is 1. The second kappa shape index (κ2) is 6.04. The number of hydrogen-bond donors (Lipinski definition) is 2. The number of aryl methyl sites for hydroxylation is 1. The van der Waals surface area contributed by atoms with E-state index in [0.29, 0.717) is 5.58 Å². The van der Waals surface area contributed by atoms with Gasteiger partial charge >= 0.3 is 5.76 Å². The third-order valence-electron chi connectivity index (χ3n) is 3.22. The van der Waals surface area contributed by atoms with E-state index in [1.807, 2.05) is 25.1 Å². The summed E-state index contributed by atoms with van der Waals surface area (Å²) in [5, 5.41) is 3.36. The predicted molar refractivity (Wildman–Crippen MR) is 76.3 cm³/mol. The summed E-state index contributed by atoms with van der Waals surface area (Å²) < 4.78 is 6.63. The van der Waals surface area contributed by atoms with E-state index < -0.39 is 0 Å². The van der Waals surface area contributed by atoms with Crippen molar-refractivity contribution in [1.29, 1.82) is 0 Å². The molecule has 1 unspecified atom stereocenters. The van der Waals surface area contributed by atoms with Crippen molar-refractivity contribution in [3.05, 3.63) is 34.3 Å². The summed E-state index contributed by atoms with van der Waals surface area (Å²) in [6, 6.07) is 6.10. The van der Waals surface area contributed by atoms with Gasteiger partial charge in [0.1, 0.15) is 0 Å². The first-order chi connectivity index (χ1) is 9.08. The normalized spacial score (nSPS) is 13.0. The van der Waals surface area contributed by atoms with Crippen LogP contribution in [0.2, 0.25) is 0 Å². The van der Waals surface area contributed by atoms with Crippen LogP contribution in [0.25, 0.3) is 11.1 Å². The zero-order valence-electron chi connectivity index (χ0n) is 11.5. The summed E-state index contributed by atoms with van der Waals surface area (Å²) in [7, 11) is 1.72. The first-order valence-corrected chi connectivity index (χ1v) is 6.62. The van der Waals surface area contributed by atoms with Crippen molar-refractivity contribution in [2.75, 3.05) is 13.1 Å². The van der Waals surface area contributed by atoms with E-state index >= 15 is 0 Å². The van der Waals surface area contributed by atoms with Crippen molar-refractivity contribution in [2.45, 2.75) is 25.8 Å². The summed E-state index contributed by atoms with van der Waals surface area (Å²) in [4.78, 5) is 11.4. The quantitative estimate of drug-likeness (QED) is 0.763. The number of nitrogens with one attached hydrogen (secondary N) is 1. The third kappa shape index (κ3) is 3.45. The van der Waals surface area contributed by atoms with Gasteiger partial charge in [-0.3, -0.25) is 4.57 Å². The van der Waals surface area contributed by atoms with Gasteiger partial charge in [-0.1, -0.05) is 6.07 Å². The highest BCUT2D eigenvalue weighted by atomic mass is 16.4. The van der Waals surface area contributed by atoms with Crippen LogP contribution in [0.1, 0.15) is 18.9 Å². The fourth-order valence-corrected chi connectivity index (χ4v) is 2.02. The lowest BCUT2D eigenvalue weighted by molar-refractivity contribution is 0.528. The third-order valence-corrected chi connectivity index (χ3v) is 3.22. The van der Waals surface area contributed by atoms with Crippen molar-refractivity contribution in [2.24, 2.45) is 12.8 Å². The number of benzene rings is 1. The largest absolute Gasteiger partial charge is 0.419 e. The molecular formula is C14H21N3O2. The number of rotatable bonds is 6. The van der Waals surface area contributed by atoms with E-state index in [0.717, 1.165) is 31.4 Å². The topological polar surface area (TPSA) is 73.2 Å². The van der Waals surface area contributed by atoms with Gasteiger partial charge in [0.15, 0.2) is 5.58 Å². The van der Waals surface area contributed by atoms with E-state index in [1.54, 1.807) is 7.05 Å². The second-order valence-corrected chi connectivity index (χ2v) is 5.00. The van der Waals surface area contributed by atoms with Crippen molar-refractivity contribution in [3.8, 4) is 0 Å².